The van der Waals surface area contributed by atoms with Crippen molar-refractivity contribution in [2.75, 3.05) is 25.1 Å². The van der Waals surface area contributed by atoms with Gasteiger partial charge in [-0.15, -0.1) is 0 Å². The third kappa shape index (κ3) is 5.85. The molecule has 0 aromatic heterocycles. The van der Waals surface area contributed by atoms with E-state index in [4.69, 9.17) is 4.74 Å². The summed E-state index contributed by atoms with van der Waals surface area (Å²) in [6.07, 6.45) is -0.480. The van der Waals surface area contributed by atoms with Crippen molar-refractivity contribution in [2.24, 2.45) is 5.92 Å². The van der Waals surface area contributed by atoms with Crippen molar-refractivity contribution in [3.63, 3.8) is 0 Å². The van der Waals surface area contributed by atoms with Crippen LogP contribution in [-0.2, 0) is 4.74 Å². The maximum absolute atomic E-state index is 9.77. The van der Waals surface area contributed by atoms with E-state index in [1.165, 1.54) is 0 Å². The molecule has 0 saturated heterocycles. The lowest BCUT2D eigenvalue weighted by atomic mass is 10.2. The second kappa shape index (κ2) is 7.77. The van der Waals surface area contributed by atoms with E-state index in [-0.39, 0.29) is 0 Å². The van der Waals surface area contributed by atoms with E-state index in [2.05, 4.69) is 35.1 Å². The first-order chi connectivity index (χ1) is 8.49. The van der Waals surface area contributed by atoms with Crippen LogP contribution in [0.4, 0.5) is 5.69 Å². The van der Waals surface area contributed by atoms with Crippen LogP contribution in [0.15, 0.2) is 22.7 Å². The van der Waals surface area contributed by atoms with Crippen LogP contribution < -0.4 is 5.32 Å². The van der Waals surface area contributed by atoms with Gasteiger partial charge in [0.1, 0.15) is 0 Å². The van der Waals surface area contributed by atoms with Crippen LogP contribution in [0.25, 0.3) is 0 Å². The summed E-state index contributed by atoms with van der Waals surface area (Å²) in [5, 5.41) is 13.0. The molecular weight excluding hydrogens is 294 g/mol. The Bertz CT molecular complexity index is 369. The summed E-state index contributed by atoms with van der Waals surface area (Å²) in [6.45, 7) is 7.79. The molecular formula is C14H22BrNO2. The predicted molar refractivity (Wildman–Crippen MR) is 79.0 cm³/mol. The molecule has 0 fully saturated rings. The number of benzene rings is 1. The van der Waals surface area contributed by atoms with Crippen LogP contribution in [0.3, 0.4) is 0 Å². The molecule has 0 amide bonds. The Morgan fingerprint density at radius 2 is 2.06 bits per heavy atom. The molecule has 18 heavy (non-hydrogen) atoms. The van der Waals surface area contributed by atoms with Crippen molar-refractivity contribution in [3.8, 4) is 0 Å². The van der Waals surface area contributed by atoms with Crippen molar-refractivity contribution in [2.45, 2.75) is 26.9 Å². The molecule has 0 bridgehead atoms. The highest BCUT2D eigenvalue weighted by Crippen LogP contribution is 2.19. The average Bonchev–Trinajstić information content (AvgIpc) is 2.27. The standard InChI is InChI=1S/C14H22BrNO2/c1-10(2)8-18-9-13(17)7-16-14-5-4-12(15)6-11(14)3/h4-6,10,13,16-17H,7-9H2,1-3H3. The second-order valence-electron chi connectivity index (χ2n) is 4.93. The van der Waals surface area contributed by atoms with Crippen LogP contribution in [0.5, 0.6) is 0 Å². The number of hydrogen-bond donors (Lipinski definition) is 2. The highest BCUT2D eigenvalue weighted by Gasteiger charge is 2.06. The largest absolute Gasteiger partial charge is 0.389 e. The SMILES string of the molecule is Cc1cc(Br)ccc1NCC(O)COCC(C)C. The molecule has 0 aliphatic heterocycles. The molecule has 0 radical (unpaired) electrons. The van der Waals surface area contributed by atoms with Crippen molar-refractivity contribution in [1.82, 2.24) is 0 Å². The van der Waals surface area contributed by atoms with Gasteiger partial charge in [0, 0.05) is 23.3 Å². The van der Waals surface area contributed by atoms with E-state index >= 15 is 0 Å². The highest BCUT2D eigenvalue weighted by atomic mass is 79.9. The molecule has 102 valence electrons. The molecule has 1 atom stereocenters. The van der Waals surface area contributed by atoms with E-state index in [1.54, 1.807) is 0 Å². The van der Waals surface area contributed by atoms with E-state index in [9.17, 15) is 5.11 Å². The van der Waals surface area contributed by atoms with Gasteiger partial charge >= 0.3 is 0 Å². The van der Waals surface area contributed by atoms with E-state index in [0.717, 1.165) is 15.7 Å². The maximum Gasteiger partial charge on any atom is 0.0945 e. The zero-order chi connectivity index (χ0) is 13.5. The Balaban J connectivity index is 2.31. The van der Waals surface area contributed by atoms with Crippen molar-refractivity contribution in [1.29, 1.82) is 0 Å². The molecule has 0 saturated carbocycles. The lowest BCUT2D eigenvalue weighted by Gasteiger charge is -2.15. The molecule has 3 nitrogen and oxygen atoms in total. The number of nitrogens with one attached hydrogen (secondary N) is 1. The third-order valence-corrected chi connectivity index (χ3v) is 2.97. The van der Waals surface area contributed by atoms with Crippen LogP contribution in [0.1, 0.15) is 19.4 Å². The number of hydrogen-bond acceptors (Lipinski definition) is 3. The van der Waals surface area contributed by atoms with Gasteiger partial charge < -0.3 is 15.2 Å². The number of rotatable bonds is 7. The molecule has 1 aromatic rings. The zero-order valence-corrected chi connectivity index (χ0v) is 12.8. The summed E-state index contributed by atoms with van der Waals surface area (Å²) in [7, 11) is 0. The number of halogens is 1. The summed E-state index contributed by atoms with van der Waals surface area (Å²) < 4.78 is 6.46. The van der Waals surface area contributed by atoms with E-state index < -0.39 is 6.10 Å². The monoisotopic (exact) mass is 315 g/mol. The summed E-state index contributed by atoms with van der Waals surface area (Å²) in [5.41, 5.74) is 2.20. The van der Waals surface area contributed by atoms with Crippen LogP contribution in [-0.4, -0.2) is 31.0 Å². The third-order valence-electron chi connectivity index (χ3n) is 2.48. The highest BCUT2D eigenvalue weighted by molar-refractivity contribution is 9.10. The Hall–Kier alpha value is -0.580. The Labute approximate surface area is 118 Å². The zero-order valence-electron chi connectivity index (χ0n) is 11.2. The number of aliphatic hydroxyl groups excluding tert-OH is 1. The van der Waals surface area contributed by atoms with Gasteiger partial charge in [0.25, 0.3) is 0 Å². The van der Waals surface area contributed by atoms with Crippen LogP contribution >= 0.6 is 15.9 Å². The van der Waals surface area contributed by atoms with Gasteiger partial charge in [-0.3, -0.25) is 0 Å². The fourth-order valence-corrected chi connectivity index (χ4v) is 2.03. The van der Waals surface area contributed by atoms with Gasteiger partial charge in [-0.1, -0.05) is 29.8 Å². The molecule has 0 aliphatic rings. The number of anilines is 1. The molecule has 0 spiro atoms. The topological polar surface area (TPSA) is 41.5 Å². The minimum absolute atomic E-state index is 0.376. The van der Waals surface area contributed by atoms with Crippen LogP contribution in [0.2, 0.25) is 0 Å². The fraction of sp³-hybridized carbons (Fsp3) is 0.571. The predicted octanol–water partition coefficient (Wildman–Crippen LogP) is 3.20. The molecule has 1 rings (SSSR count). The first-order valence-electron chi connectivity index (χ1n) is 6.25. The number of aryl methyl sites for hydroxylation is 1. The minimum atomic E-state index is -0.480. The van der Waals surface area contributed by atoms with Crippen LogP contribution in [0, 0.1) is 12.8 Å². The van der Waals surface area contributed by atoms with Gasteiger partial charge in [0.2, 0.25) is 0 Å². The second-order valence-corrected chi connectivity index (χ2v) is 5.84. The lowest BCUT2D eigenvalue weighted by Crippen LogP contribution is -2.25. The van der Waals surface area contributed by atoms with Gasteiger partial charge in [-0.05, 0) is 36.6 Å². The first kappa shape index (κ1) is 15.5. The molecule has 2 N–H and O–H groups in total. The molecule has 1 unspecified atom stereocenters. The fourth-order valence-electron chi connectivity index (χ4n) is 1.55. The summed E-state index contributed by atoms with van der Waals surface area (Å²) in [6, 6.07) is 6.03. The number of ether oxygens (including phenoxy) is 1. The lowest BCUT2D eigenvalue weighted by molar-refractivity contribution is 0.0318. The molecule has 4 heteroatoms. The Morgan fingerprint density at radius 3 is 2.67 bits per heavy atom. The minimum Gasteiger partial charge on any atom is -0.389 e. The van der Waals surface area contributed by atoms with Gasteiger partial charge in [0.15, 0.2) is 0 Å². The van der Waals surface area contributed by atoms with Crippen molar-refractivity contribution >= 4 is 21.6 Å². The van der Waals surface area contributed by atoms with Crippen molar-refractivity contribution < 1.29 is 9.84 Å². The first-order valence-corrected chi connectivity index (χ1v) is 7.04. The maximum atomic E-state index is 9.77. The number of aliphatic hydroxyl groups is 1. The average molecular weight is 316 g/mol. The summed E-state index contributed by atoms with van der Waals surface area (Å²) in [4.78, 5) is 0. The molecule has 0 aliphatic carbocycles. The van der Waals surface area contributed by atoms with Crippen molar-refractivity contribution in [3.05, 3.63) is 28.2 Å². The Kier molecular flexibility index (Phi) is 6.68. The van der Waals surface area contributed by atoms with E-state index in [0.29, 0.717) is 25.7 Å². The molecule has 0 heterocycles. The smallest absolute Gasteiger partial charge is 0.0945 e. The normalized spacial score (nSPS) is 12.8. The van der Waals surface area contributed by atoms with Gasteiger partial charge in [-0.25, -0.2) is 0 Å². The quantitative estimate of drug-likeness (QED) is 0.812. The van der Waals surface area contributed by atoms with E-state index in [1.807, 2.05) is 25.1 Å². The Morgan fingerprint density at radius 1 is 1.33 bits per heavy atom. The summed E-state index contributed by atoms with van der Waals surface area (Å²) >= 11 is 3.43. The summed E-state index contributed by atoms with van der Waals surface area (Å²) in [5.74, 6) is 0.499. The van der Waals surface area contributed by atoms with Gasteiger partial charge in [0.05, 0.1) is 12.7 Å². The van der Waals surface area contributed by atoms with Gasteiger partial charge in [-0.2, -0.15) is 0 Å². The molecule has 1 aromatic carbocycles.